The van der Waals surface area contributed by atoms with Crippen LogP contribution in [0.4, 0.5) is 0 Å². The van der Waals surface area contributed by atoms with Crippen LogP contribution in [-0.4, -0.2) is 53.4 Å². The first-order valence-electron chi connectivity index (χ1n) is 19.1. The van der Waals surface area contributed by atoms with Crippen molar-refractivity contribution in [3.8, 4) is 0 Å². The number of rotatable bonds is 8. The second-order valence-electron chi connectivity index (χ2n) is 15.3. The Hall–Kier alpha value is -3.76. The van der Waals surface area contributed by atoms with Crippen molar-refractivity contribution in [2.45, 2.75) is 129 Å². The number of fused-ring (bicyclic) bond motifs is 2. The monoisotopic (exact) mass is 744 g/mol. The molecule has 4 aromatic rings. The smallest absolute Gasteiger partial charge is 0.253 e. The summed E-state index contributed by atoms with van der Waals surface area (Å²) in [6, 6.07) is 3.87. The van der Waals surface area contributed by atoms with Crippen LogP contribution in [-0.2, 0) is 38.8 Å². The summed E-state index contributed by atoms with van der Waals surface area (Å²) >= 11 is 12.0. The van der Waals surface area contributed by atoms with E-state index in [-0.39, 0.29) is 23.9 Å². The number of nitrogens with zero attached hydrogens (tertiary/aromatic N) is 6. The Labute approximate surface area is 316 Å². The highest BCUT2D eigenvalue weighted by atomic mass is 35.5. The van der Waals surface area contributed by atoms with Crippen LogP contribution < -0.4 is 10.6 Å². The number of carbonyl (C=O) groups is 2. The Morgan fingerprint density at radius 3 is 1.83 bits per heavy atom. The Bertz CT molecular complexity index is 1870. The molecule has 0 atom stereocenters. The van der Waals surface area contributed by atoms with Crippen molar-refractivity contribution >= 4 is 35.0 Å². The van der Waals surface area contributed by atoms with Crippen molar-refractivity contribution < 1.29 is 9.59 Å². The second kappa shape index (κ2) is 16.5. The van der Waals surface area contributed by atoms with Crippen molar-refractivity contribution in [2.75, 3.05) is 0 Å². The minimum absolute atomic E-state index is 0.0640. The number of hydrogen-bond donors (Lipinski definition) is 2. The zero-order valence-corrected chi connectivity index (χ0v) is 31.9. The molecule has 2 amide bonds. The molecule has 0 unspecified atom stereocenters. The van der Waals surface area contributed by atoms with Crippen molar-refractivity contribution in [1.29, 1.82) is 0 Å². The van der Waals surface area contributed by atoms with Crippen molar-refractivity contribution in [3.63, 3.8) is 0 Å². The molecule has 0 bridgehead atoms. The molecule has 52 heavy (non-hydrogen) atoms. The van der Waals surface area contributed by atoms with Gasteiger partial charge in [0.1, 0.15) is 0 Å². The number of aromatic nitrogens is 6. The van der Waals surface area contributed by atoms with E-state index in [1.165, 1.54) is 54.6 Å². The Balaban J connectivity index is 0.000000162. The first-order chi connectivity index (χ1) is 25.2. The average molecular weight is 746 g/mol. The molecular weight excluding hydrogens is 695 g/mol. The molecule has 8 rings (SSSR count). The van der Waals surface area contributed by atoms with E-state index in [0.29, 0.717) is 44.4 Å². The summed E-state index contributed by atoms with van der Waals surface area (Å²) in [6.07, 6.45) is 23.2. The standard InChI is InChI=1S/2C20H25ClN4O/c1-13-18(9-16(21)11-22-13)20(26)24-17-7-5-14(6-8-17)12-25-19-4-2-3-15(19)10-23-25;1-13-18(9-16(21)10-22-13)20(26)23-17-7-5-14(6-8-17)11-25-12-15-3-2-4-19(15)24-25/h9-11,14,17H,2-8,12H2,1H3,(H,24,26);9-10,12,14,17H,2-8,11H2,1H3,(H,23,26). The van der Waals surface area contributed by atoms with Gasteiger partial charge in [-0.2, -0.15) is 10.2 Å². The zero-order chi connectivity index (χ0) is 36.2. The highest BCUT2D eigenvalue weighted by Crippen LogP contribution is 2.30. The van der Waals surface area contributed by atoms with Gasteiger partial charge in [-0.15, -0.1) is 0 Å². The summed E-state index contributed by atoms with van der Waals surface area (Å²) in [7, 11) is 0. The molecule has 4 heterocycles. The van der Waals surface area contributed by atoms with Gasteiger partial charge in [-0.3, -0.25) is 28.9 Å². The van der Waals surface area contributed by atoms with E-state index >= 15 is 0 Å². The molecular formula is C40H50Cl2N8O2. The number of hydrogen-bond acceptors (Lipinski definition) is 6. The molecule has 0 radical (unpaired) electrons. The summed E-state index contributed by atoms with van der Waals surface area (Å²) in [5.41, 5.74) is 8.21. The van der Waals surface area contributed by atoms with Gasteiger partial charge in [0.15, 0.2) is 0 Å². The van der Waals surface area contributed by atoms with E-state index < -0.39 is 0 Å². The molecule has 12 heteroatoms. The van der Waals surface area contributed by atoms with Gasteiger partial charge in [0.25, 0.3) is 11.8 Å². The molecule has 2 fully saturated rings. The maximum Gasteiger partial charge on any atom is 0.253 e. The summed E-state index contributed by atoms with van der Waals surface area (Å²) in [5.74, 6) is 1.18. The van der Waals surface area contributed by atoms with Crippen LogP contribution in [0.25, 0.3) is 0 Å². The topological polar surface area (TPSA) is 120 Å². The molecule has 276 valence electrons. The highest BCUT2D eigenvalue weighted by molar-refractivity contribution is 6.31. The van der Waals surface area contributed by atoms with Crippen LogP contribution in [0.3, 0.4) is 0 Å². The quantitative estimate of drug-likeness (QED) is 0.194. The Morgan fingerprint density at radius 2 is 1.25 bits per heavy atom. The van der Waals surface area contributed by atoms with Gasteiger partial charge in [0.05, 0.1) is 44.5 Å². The largest absolute Gasteiger partial charge is 0.349 e. The normalized spacial score (nSPS) is 22.2. The first-order valence-corrected chi connectivity index (χ1v) is 19.9. The van der Waals surface area contributed by atoms with Gasteiger partial charge >= 0.3 is 0 Å². The highest BCUT2D eigenvalue weighted by Gasteiger charge is 2.27. The number of halogens is 2. The van der Waals surface area contributed by atoms with E-state index in [4.69, 9.17) is 28.3 Å². The minimum Gasteiger partial charge on any atom is -0.349 e. The number of pyridine rings is 2. The van der Waals surface area contributed by atoms with Gasteiger partial charge in [-0.1, -0.05) is 23.2 Å². The lowest BCUT2D eigenvalue weighted by Gasteiger charge is -2.29. The van der Waals surface area contributed by atoms with Gasteiger partial charge in [-0.25, -0.2) is 0 Å². The lowest BCUT2D eigenvalue weighted by atomic mass is 9.86. The first kappa shape index (κ1) is 36.6. The van der Waals surface area contributed by atoms with Gasteiger partial charge in [0, 0.05) is 49.5 Å². The van der Waals surface area contributed by atoms with Gasteiger partial charge in [-0.05, 0) is 139 Å². The summed E-state index contributed by atoms with van der Waals surface area (Å²) in [5, 5.41) is 16.6. The third-order valence-corrected chi connectivity index (χ3v) is 11.9. The van der Waals surface area contributed by atoms with Crippen molar-refractivity contribution in [3.05, 3.63) is 92.0 Å². The van der Waals surface area contributed by atoms with Crippen molar-refractivity contribution in [2.24, 2.45) is 11.8 Å². The third kappa shape index (κ3) is 8.88. The predicted molar refractivity (Wildman–Crippen MR) is 203 cm³/mol. The second-order valence-corrected chi connectivity index (χ2v) is 16.2. The van der Waals surface area contributed by atoms with Gasteiger partial charge < -0.3 is 10.6 Å². The molecule has 4 aliphatic carbocycles. The summed E-state index contributed by atoms with van der Waals surface area (Å²) < 4.78 is 4.38. The molecule has 4 aromatic heterocycles. The van der Waals surface area contributed by atoms with Crippen LogP contribution in [0.1, 0.15) is 119 Å². The Kier molecular flexibility index (Phi) is 11.6. The van der Waals surface area contributed by atoms with E-state index in [1.54, 1.807) is 24.5 Å². The van der Waals surface area contributed by atoms with E-state index in [0.717, 1.165) is 70.9 Å². The maximum absolute atomic E-state index is 12.5. The number of carbonyl (C=O) groups excluding carboxylic acids is 2. The summed E-state index contributed by atoms with van der Waals surface area (Å²) in [4.78, 5) is 33.4. The molecule has 0 aromatic carbocycles. The SMILES string of the molecule is Cc1ncc(Cl)cc1C(=O)NC1CCC(Cn2cc3c(n2)CCC3)CC1.Cc1ncc(Cl)cc1C(=O)NC1CCC(Cn2ncc3c2CCC3)CC1. The number of aryl methyl sites for hydroxylation is 5. The van der Waals surface area contributed by atoms with E-state index in [9.17, 15) is 9.59 Å². The van der Waals surface area contributed by atoms with E-state index in [1.807, 2.05) is 13.8 Å². The molecule has 0 aliphatic heterocycles. The van der Waals surface area contributed by atoms with Crippen LogP contribution in [0.15, 0.2) is 36.9 Å². The van der Waals surface area contributed by atoms with Crippen molar-refractivity contribution in [1.82, 2.24) is 40.2 Å². The zero-order valence-electron chi connectivity index (χ0n) is 30.3. The fraction of sp³-hybridized carbons (Fsp3) is 0.550. The molecule has 0 saturated heterocycles. The lowest BCUT2D eigenvalue weighted by molar-refractivity contribution is 0.0910. The number of nitrogens with one attached hydrogen (secondary N) is 2. The van der Waals surface area contributed by atoms with Gasteiger partial charge in [0.2, 0.25) is 0 Å². The number of amides is 2. The minimum atomic E-state index is -0.0653. The molecule has 0 spiro atoms. The molecule has 4 aliphatic rings. The summed E-state index contributed by atoms with van der Waals surface area (Å²) in [6.45, 7) is 5.70. The molecule has 2 saturated carbocycles. The Morgan fingerprint density at radius 1 is 0.712 bits per heavy atom. The molecule has 2 N–H and O–H groups in total. The third-order valence-electron chi connectivity index (χ3n) is 11.5. The fourth-order valence-electron chi connectivity index (χ4n) is 8.50. The predicted octanol–water partition coefficient (Wildman–Crippen LogP) is 7.43. The van der Waals surface area contributed by atoms with Crippen LogP contribution in [0.2, 0.25) is 10.0 Å². The van der Waals surface area contributed by atoms with E-state index in [2.05, 4.69) is 47.5 Å². The molecule has 10 nitrogen and oxygen atoms in total. The van der Waals surface area contributed by atoms with Crippen LogP contribution in [0.5, 0.6) is 0 Å². The fourth-order valence-corrected chi connectivity index (χ4v) is 8.82. The van der Waals surface area contributed by atoms with Crippen LogP contribution in [0, 0.1) is 25.7 Å². The lowest BCUT2D eigenvalue weighted by Crippen LogP contribution is -2.38. The maximum atomic E-state index is 12.5. The average Bonchev–Trinajstić information content (AvgIpc) is 3.93. The van der Waals surface area contributed by atoms with Crippen LogP contribution >= 0.6 is 23.2 Å².